The predicted octanol–water partition coefficient (Wildman–Crippen LogP) is 2.95. The summed E-state index contributed by atoms with van der Waals surface area (Å²) >= 11 is 0. The highest BCUT2D eigenvalue weighted by atomic mass is 19.4. The minimum absolute atomic E-state index is 0.0284. The van der Waals surface area contributed by atoms with Gasteiger partial charge in [0.15, 0.2) is 17.2 Å². The van der Waals surface area contributed by atoms with Crippen LogP contribution in [0.1, 0.15) is 21.6 Å². The average molecular weight is 353 g/mol. The van der Waals surface area contributed by atoms with E-state index in [-0.39, 0.29) is 17.1 Å². The van der Waals surface area contributed by atoms with E-state index in [1.165, 1.54) is 25.3 Å². The van der Waals surface area contributed by atoms with Crippen LogP contribution in [0.25, 0.3) is 0 Å². The Morgan fingerprint density at radius 2 is 1.88 bits per heavy atom. The van der Waals surface area contributed by atoms with Gasteiger partial charge in [0, 0.05) is 6.07 Å². The normalized spacial score (nSPS) is 10.7. The molecule has 0 saturated heterocycles. The van der Waals surface area contributed by atoms with Crippen LogP contribution in [-0.2, 0) is 10.9 Å². The Bertz CT molecular complexity index is 847. The summed E-state index contributed by atoms with van der Waals surface area (Å²) in [5, 5.41) is 15.2. The summed E-state index contributed by atoms with van der Waals surface area (Å²) in [5.41, 5.74) is -1.65. The summed E-state index contributed by atoms with van der Waals surface area (Å²) in [6.45, 7) is 0. The summed E-state index contributed by atoms with van der Waals surface area (Å²) in [6.07, 6.45) is -4.79. The van der Waals surface area contributed by atoms with E-state index in [1.54, 1.807) is 0 Å². The number of benzene rings is 1. The zero-order valence-corrected chi connectivity index (χ0v) is 12.9. The highest BCUT2D eigenvalue weighted by Crippen LogP contribution is 2.34. The number of nitrogens with zero attached hydrogens (tertiary/aromatic N) is 3. The molecule has 2 rings (SSSR count). The molecular weight excluding hydrogens is 343 g/mol. The van der Waals surface area contributed by atoms with Crippen LogP contribution in [0.3, 0.4) is 0 Å². The van der Waals surface area contributed by atoms with Gasteiger partial charge in [-0.2, -0.15) is 18.4 Å². The number of ether oxygens (including phenoxy) is 3. The first-order valence-electron chi connectivity index (χ1n) is 6.59. The standard InChI is InChI=1S/C15H10F3N3O4/c1-23-11-5-8(7-19)3-4-10(11)25-13-9(14(22)24-2)6-12(20-21-13)15(16,17)18/h3-6H,1-2H3. The Balaban J connectivity index is 2.49. The van der Waals surface area contributed by atoms with E-state index in [0.717, 1.165) is 7.11 Å². The molecule has 7 nitrogen and oxygen atoms in total. The molecule has 0 fully saturated rings. The van der Waals surface area contributed by atoms with E-state index < -0.39 is 29.3 Å². The SMILES string of the molecule is COC(=O)c1cc(C(F)(F)F)nnc1Oc1ccc(C#N)cc1OC. The molecule has 0 N–H and O–H groups in total. The van der Waals surface area contributed by atoms with Crippen LogP contribution in [0.15, 0.2) is 24.3 Å². The van der Waals surface area contributed by atoms with Gasteiger partial charge in [-0.05, 0) is 18.2 Å². The van der Waals surface area contributed by atoms with Gasteiger partial charge in [0.05, 0.1) is 25.9 Å². The lowest BCUT2D eigenvalue weighted by Crippen LogP contribution is -2.14. The van der Waals surface area contributed by atoms with Gasteiger partial charge in [-0.3, -0.25) is 0 Å². The number of alkyl halides is 3. The van der Waals surface area contributed by atoms with E-state index in [1.807, 2.05) is 6.07 Å². The highest BCUT2D eigenvalue weighted by molar-refractivity contribution is 5.91. The van der Waals surface area contributed by atoms with Crippen LogP contribution < -0.4 is 9.47 Å². The van der Waals surface area contributed by atoms with Crippen LogP contribution >= 0.6 is 0 Å². The topological polar surface area (TPSA) is 94.3 Å². The number of esters is 1. The first-order valence-corrected chi connectivity index (χ1v) is 6.59. The second-order valence-electron chi connectivity index (χ2n) is 4.52. The molecule has 0 aliphatic heterocycles. The smallest absolute Gasteiger partial charge is 0.435 e. The molecule has 0 atom stereocenters. The Hall–Kier alpha value is -3.35. The molecule has 1 aromatic carbocycles. The van der Waals surface area contributed by atoms with Gasteiger partial charge < -0.3 is 14.2 Å². The van der Waals surface area contributed by atoms with Crippen molar-refractivity contribution in [2.24, 2.45) is 0 Å². The van der Waals surface area contributed by atoms with Crippen molar-refractivity contribution >= 4 is 5.97 Å². The fourth-order valence-electron chi connectivity index (χ4n) is 1.78. The predicted molar refractivity (Wildman–Crippen MR) is 76.2 cm³/mol. The minimum Gasteiger partial charge on any atom is -0.493 e. The molecule has 1 heterocycles. The highest BCUT2D eigenvalue weighted by Gasteiger charge is 2.35. The Labute approximate surface area is 139 Å². The fourth-order valence-corrected chi connectivity index (χ4v) is 1.78. The molecule has 0 spiro atoms. The number of aromatic nitrogens is 2. The third kappa shape index (κ3) is 3.95. The largest absolute Gasteiger partial charge is 0.493 e. The van der Waals surface area contributed by atoms with Gasteiger partial charge in [0.2, 0.25) is 0 Å². The molecule has 0 aliphatic carbocycles. The lowest BCUT2D eigenvalue weighted by molar-refractivity contribution is -0.141. The van der Waals surface area contributed by atoms with E-state index in [9.17, 15) is 18.0 Å². The minimum atomic E-state index is -4.79. The zero-order chi connectivity index (χ0) is 18.6. The molecule has 0 saturated carbocycles. The molecule has 25 heavy (non-hydrogen) atoms. The third-order valence-electron chi connectivity index (χ3n) is 2.96. The lowest BCUT2D eigenvalue weighted by Gasteiger charge is -2.13. The van der Waals surface area contributed by atoms with Gasteiger partial charge in [-0.1, -0.05) is 0 Å². The number of methoxy groups -OCH3 is 2. The maximum Gasteiger partial charge on any atom is 0.435 e. The van der Waals surface area contributed by atoms with Crippen molar-refractivity contribution in [3.05, 3.63) is 41.1 Å². The van der Waals surface area contributed by atoms with E-state index in [4.69, 9.17) is 14.7 Å². The second-order valence-corrected chi connectivity index (χ2v) is 4.52. The maximum atomic E-state index is 12.7. The Morgan fingerprint density at radius 1 is 1.16 bits per heavy atom. The maximum absolute atomic E-state index is 12.7. The van der Waals surface area contributed by atoms with Gasteiger partial charge in [0.25, 0.3) is 5.88 Å². The number of carbonyl (C=O) groups is 1. The molecule has 0 amide bonds. The fraction of sp³-hybridized carbons (Fsp3) is 0.200. The number of carbonyl (C=O) groups excluding carboxylic acids is 1. The molecule has 1 aromatic heterocycles. The first kappa shape index (κ1) is 18.0. The lowest BCUT2D eigenvalue weighted by atomic mass is 10.2. The number of rotatable bonds is 4. The Kier molecular flexibility index (Phi) is 5.07. The van der Waals surface area contributed by atoms with Gasteiger partial charge in [-0.15, -0.1) is 10.2 Å². The average Bonchev–Trinajstić information content (AvgIpc) is 2.60. The summed E-state index contributed by atoms with van der Waals surface area (Å²) in [5.74, 6) is -1.43. The van der Waals surface area contributed by atoms with Crippen molar-refractivity contribution in [3.63, 3.8) is 0 Å². The number of hydrogen-bond donors (Lipinski definition) is 0. The van der Waals surface area contributed by atoms with Crippen LogP contribution in [0.4, 0.5) is 13.2 Å². The van der Waals surface area contributed by atoms with Gasteiger partial charge in [-0.25, -0.2) is 4.79 Å². The molecular formula is C15H10F3N3O4. The van der Waals surface area contributed by atoms with Crippen LogP contribution in [0.2, 0.25) is 0 Å². The third-order valence-corrected chi connectivity index (χ3v) is 2.96. The van der Waals surface area contributed by atoms with E-state index >= 15 is 0 Å². The molecule has 0 bridgehead atoms. The molecule has 0 radical (unpaired) electrons. The van der Waals surface area contributed by atoms with Crippen molar-refractivity contribution < 1.29 is 32.2 Å². The molecule has 0 aliphatic rings. The van der Waals surface area contributed by atoms with Crippen molar-refractivity contribution in [3.8, 4) is 23.4 Å². The van der Waals surface area contributed by atoms with E-state index in [0.29, 0.717) is 6.07 Å². The number of hydrogen-bond acceptors (Lipinski definition) is 7. The van der Waals surface area contributed by atoms with Crippen LogP contribution in [0.5, 0.6) is 17.4 Å². The second kappa shape index (κ2) is 7.04. The number of halogens is 3. The van der Waals surface area contributed by atoms with Crippen LogP contribution in [-0.4, -0.2) is 30.4 Å². The Morgan fingerprint density at radius 3 is 2.44 bits per heavy atom. The quantitative estimate of drug-likeness (QED) is 0.780. The van der Waals surface area contributed by atoms with Crippen molar-refractivity contribution in [2.75, 3.05) is 14.2 Å². The summed E-state index contributed by atoms with van der Waals surface area (Å²) in [6, 6.07) is 6.46. The van der Waals surface area contributed by atoms with Crippen LogP contribution in [0, 0.1) is 11.3 Å². The first-order chi connectivity index (χ1) is 11.8. The summed E-state index contributed by atoms with van der Waals surface area (Å²) in [4.78, 5) is 11.7. The van der Waals surface area contributed by atoms with Crippen molar-refractivity contribution in [2.45, 2.75) is 6.18 Å². The molecule has 2 aromatic rings. The summed E-state index contributed by atoms with van der Waals surface area (Å²) < 4.78 is 53.1. The molecule has 10 heteroatoms. The molecule has 0 unspecified atom stereocenters. The van der Waals surface area contributed by atoms with Crippen molar-refractivity contribution in [1.82, 2.24) is 10.2 Å². The zero-order valence-electron chi connectivity index (χ0n) is 12.9. The summed E-state index contributed by atoms with van der Waals surface area (Å²) in [7, 11) is 2.31. The monoisotopic (exact) mass is 353 g/mol. The van der Waals surface area contributed by atoms with E-state index in [2.05, 4.69) is 14.9 Å². The van der Waals surface area contributed by atoms with Crippen molar-refractivity contribution in [1.29, 1.82) is 5.26 Å². The van der Waals surface area contributed by atoms with Gasteiger partial charge >= 0.3 is 12.1 Å². The number of nitriles is 1. The molecule has 130 valence electrons. The van der Waals surface area contributed by atoms with Gasteiger partial charge in [0.1, 0.15) is 5.56 Å².